The fourth-order valence-corrected chi connectivity index (χ4v) is 1.92. The first-order valence-electron chi connectivity index (χ1n) is 3.79. The van der Waals surface area contributed by atoms with E-state index in [1.807, 2.05) is 0 Å². The van der Waals surface area contributed by atoms with E-state index in [4.69, 9.17) is 5.73 Å². The number of anilines is 1. The molecule has 1 unspecified atom stereocenters. The molecule has 0 saturated heterocycles. The van der Waals surface area contributed by atoms with Gasteiger partial charge >= 0.3 is 6.18 Å². The molecule has 0 aliphatic carbocycles. The first-order valence-corrected chi connectivity index (χ1v) is 5.11. The van der Waals surface area contributed by atoms with E-state index in [0.717, 1.165) is 18.2 Å². The van der Waals surface area contributed by atoms with Crippen LogP contribution in [0.3, 0.4) is 0 Å². The van der Waals surface area contributed by atoms with E-state index in [1.54, 1.807) is 0 Å². The van der Waals surface area contributed by atoms with Crippen molar-refractivity contribution in [2.24, 2.45) is 0 Å². The van der Waals surface area contributed by atoms with Crippen LogP contribution >= 0.6 is 0 Å². The summed E-state index contributed by atoms with van der Waals surface area (Å²) in [4.78, 5) is -0.259. The Bertz CT molecular complexity index is 370. The summed E-state index contributed by atoms with van der Waals surface area (Å²) in [5.74, 6) is -2.31. The molecule has 0 aromatic heterocycles. The first-order chi connectivity index (χ1) is 6.78. The molecule has 2 N–H and O–H groups in total. The van der Waals surface area contributed by atoms with Crippen LogP contribution in [0.1, 0.15) is 0 Å². The Hall–Kier alpha value is -1.11. The van der Waals surface area contributed by atoms with Gasteiger partial charge in [-0.15, -0.1) is 0 Å². The van der Waals surface area contributed by atoms with E-state index in [-0.39, 0.29) is 10.6 Å². The molecule has 1 rings (SSSR count). The summed E-state index contributed by atoms with van der Waals surface area (Å²) in [5, 5.41) is 0. The number of rotatable bonds is 2. The van der Waals surface area contributed by atoms with Crippen molar-refractivity contribution in [1.82, 2.24) is 0 Å². The van der Waals surface area contributed by atoms with E-state index in [0.29, 0.717) is 0 Å². The maximum Gasteiger partial charge on any atom is 0.400 e. The third-order valence-electron chi connectivity index (χ3n) is 1.45. The van der Waals surface area contributed by atoms with Crippen molar-refractivity contribution in [2.45, 2.75) is 11.1 Å². The SMILES string of the molecule is Nc1cc(F)cc(S(=O)CC(F)(F)F)c1. The average molecular weight is 241 g/mol. The van der Waals surface area contributed by atoms with Gasteiger partial charge in [-0.05, 0) is 18.2 Å². The van der Waals surface area contributed by atoms with Crippen molar-refractivity contribution < 1.29 is 21.8 Å². The summed E-state index contributed by atoms with van der Waals surface area (Å²) in [6.07, 6.45) is -4.55. The second-order valence-corrected chi connectivity index (χ2v) is 4.28. The van der Waals surface area contributed by atoms with Crippen LogP contribution in [-0.4, -0.2) is 16.1 Å². The molecule has 0 fully saturated rings. The molecule has 0 bridgehead atoms. The molecule has 0 saturated carbocycles. The van der Waals surface area contributed by atoms with E-state index in [2.05, 4.69) is 0 Å². The molecule has 2 nitrogen and oxygen atoms in total. The Morgan fingerprint density at radius 3 is 2.33 bits per heavy atom. The lowest BCUT2D eigenvalue weighted by Gasteiger charge is -2.06. The predicted molar refractivity (Wildman–Crippen MR) is 48.1 cm³/mol. The fourth-order valence-electron chi connectivity index (χ4n) is 0.948. The normalized spacial score (nSPS) is 13.9. The van der Waals surface area contributed by atoms with Crippen LogP contribution in [0.4, 0.5) is 23.2 Å². The molecular formula is C8H7F4NOS. The molecule has 7 heteroatoms. The van der Waals surface area contributed by atoms with E-state index >= 15 is 0 Å². The molecule has 15 heavy (non-hydrogen) atoms. The third-order valence-corrected chi connectivity index (χ3v) is 2.80. The maximum atomic E-state index is 12.7. The molecule has 0 heterocycles. The molecule has 1 aromatic rings. The third kappa shape index (κ3) is 3.86. The van der Waals surface area contributed by atoms with Crippen molar-refractivity contribution in [3.8, 4) is 0 Å². The Balaban J connectivity index is 2.92. The average Bonchev–Trinajstić information content (AvgIpc) is 1.98. The Kier molecular flexibility index (Phi) is 3.33. The van der Waals surface area contributed by atoms with Crippen molar-refractivity contribution in [1.29, 1.82) is 0 Å². The summed E-state index contributed by atoms with van der Waals surface area (Å²) in [5.41, 5.74) is 5.15. The van der Waals surface area contributed by atoms with Gasteiger partial charge in [-0.25, -0.2) is 4.39 Å². The monoisotopic (exact) mass is 241 g/mol. The van der Waals surface area contributed by atoms with Crippen LogP contribution in [0.15, 0.2) is 23.1 Å². The van der Waals surface area contributed by atoms with Crippen molar-refractivity contribution in [3.63, 3.8) is 0 Å². The second kappa shape index (κ2) is 4.18. The van der Waals surface area contributed by atoms with Crippen LogP contribution < -0.4 is 5.73 Å². The highest BCUT2D eigenvalue weighted by Gasteiger charge is 2.31. The minimum Gasteiger partial charge on any atom is -0.399 e. The van der Waals surface area contributed by atoms with Gasteiger partial charge in [0.2, 0.25) is 0 Å². The van der Waals surface area contributed by atoms with Crippen LogP contribution in [0, 0.1) is 5.82 Å². The number of hydrogen-bond donors (Lipinski definition) is 1. The van der Waals surface area contributed by atoms with E-state index in [1.165, 1.54) is 0 Å². The first kappa shape index (κ1) is 12.0. The molecule has 84 valence electrons. The van der Waals surface area contributed by atoms with Crippen molar-refractivity contribution in [2.75, 3.05) is 11.5 Å². The topological polar surface area (TPSA) is 43.1 Å². The minimum absolute atomic E-state index is 0.0551. The number of nitrogens with two attached hydrogens (primary N) is 1. The Labute approximate surface area is 85.5 Å². The lowest BCUT2D eigenvalue weighted by molar-refractivity contribution is -0.105. The minimum atomic E-state index is -4.55. The molecule has 1 aromatic carbocycles. The molecule has 0 amide bonds. The summed E-state index contributed by atoms with van der Waals surface area (Å²) >= 11 is 0. The second-order valence-electron chi connectivity index (χ2n) is 2.83. The van der Waals surface area contributed by atoms with Crippen LogP contribution in [-0.2, 0) is 10.8 Å². The van der Waals surface area contributed by atoms with Gasteiger partial charge in [0.1, 0.15) is 11.6 Å². The fraction of sp³-hybridized carbons (Fsp3) is 0.250. The predicted octanol–water partition coefficient (Wildman–Crippen LogP) is 2.08. The van der Waals surface area contributed by atoms with Gasteiger partial charge in [0.25, 0.3) is 0 Å². The van der Waals surface area contributed by atoms with Gasteiger partial charge in [-0.1, -0.05) is 0 Å². The van der Waals surface area contributed by atoms with Crippen molar-refractivity contribution >= 4 is 16.5 Å². The molecule has 0 radical (unpaired) electrons. The van der Waals surface area contributed by atoms with Gasteiger partial charge < -0.3 is 5.73 Å². The summed E-state index contributed by atoms with van der Waals surface area (Å²) in [6.45, 7) is 0. The summed E-state index contributed by atoms with van der Waals surface area (Å²) < 4.78 is 59.5. The Morgan fingerprint density at radius 2 is 1.87 bits per heavy atom. The molecule has 0 aliphatic heterocycles. The standard InChI is InChI=1S/C8H7F4NOS/c9-5-1-6(13)3-7(2-5)15(14)4-8(10,11)12/h1-3H,4,13H2. The quantitative estimate of drug-likeness (QED) is 0.636. The number of hydrogen-bond acceptors (Lipinski definition) is 2. The lowest BCUT2D eigenvalue weighted by atomic mass is 10.3. The van der Waals surface area contributed by atoms with Crippen LogP contribution in [0.25, 0.3) is 0 Å². The highest BCUT2D eigenvalue weighted by Crippen LogP contribution is 2.21. The van der Waals surface area contributed by atoms with E-state index in [9.17, 15) is 21.8 Å². The van der Waals surface area contributed by atoms with Gasteiger partial charge in [0, 0.05) is 10.6 Å². The molecule has 0 aliphatic rings. The van der Waals surface area contributed by atoms with Crippen LogP contribution in [0.2, 0.25) is 0 Å². The zero-order valence-electron chi connectivity index (χ0n) is 7.34. The highest BCUT2D eigenvalue weighted by atomic mass is 32.2. The highest BCUT2D eigenvalue weighted by molar-refractivity contribution is 7.85. The molecule has 1 atom stereocenters. The lowest BCUT2D eigenvalue weighted by Crippen LogP contribution is -2.18. The number of alkyl halides is 3. The van der Waals surface area contributed by atoms with Crippen LogP contribution in [0.5, 0.6) is 0 Å². The Morgan fingerprint density at radius 1 is 1.27 bits per heavy atom. The zero-order chi connectivity index (χ0) is 11.6. The summed E-state index contributed by atoms with van der Waals surface area (Å²) in [6, 6.07) is 2.78. The zero-order valence-corrected chi connectivity index (χ0v) is 8.16. The van der Waals surface area contributed by atoms with E-state index < -0.39 is 28.5 Å². The maximum absolute atomic E-state index is 12.7. The van der Waals surface area contributed by atoms with Gasteiger partial charge in [-0.3, -0.25) is 4.21 Å². The smallest absolute Gasteiger partial charge is 0.399 e. The number of nitrogen functional groups attached to an aromatic ring is 1. The summed E-state index contributed by atoms with van der Waals surface area (Å²) in [7, 11) is -2.32. The van der Waals surface area contributed by atoms with Gasteiger partial charge in [0.15, 0.2) is 0 Å². The number of benzene rings is 1. The number of halogens is 4. The van der Waals surface area contributed by atoms with Crippen molar-refractivity contribution in [3.05, 3.63) is 24.0 Å². The largest absolute Gasteiger partial charge is 0.400 e. The van der Waals surface area contributed by atoms with Gasteiger partial charge in [0.05, 0.1) is 10.8 Å². The molecule has 0 spiro atoms. The molecular weight excluding hydrogens is 234 g/mol. The van der Waals surface area contributed by atoms with Gasteiger partial charge in [-0.2, -0.15) is 13.2 Å².